The molecular weight excluding hydrogens is 390 g/mol. The van der Waals surface area contributed by atoms with Crippen molar-refractivity contribution in [3.63, 3.8) is 0 Å². The van der Waals surface area contributed by atoms with E-state index in [1.807, 2.05) is 27.8 Å². The lowest BCUT2D eigenvalue weighted by atomic mass is 9.97. The number of hydrogen-bond acceptors (Lipinski definition) is 5. The van der Waals surface area contributed by atoms with Gasteiger partial charge in [0.15, 0.2) is 0 Å². The van der Waals surface area contributed by atoms with Gasteiger partial charge in [-0.25, -0.2) is 13.4 Å². The van der Waals surface area contributed by atoms with Gasteiger partial charge in [0.1, 0.15) is 0 Å². The SMILES string of the molecule is O=C1CN(S(=O)(=O)c2ccc(Cn3ccnc3)cc2)CCN1CC1CCNCC1. The highest BCUT2D eigenvalue weighted by molar-refractivity contribution is 7.89. The van der Waals surface area contributed by atoms with E-state index in [-0.39, 0.29) is 17.3 Å². The van der Waals surface area contributed by atoms with Gasteiger partial charge < -0.3 is 14.8 Å². The summed E-state index contributed by atoms with van der Waals surface area (Å²) >= 11 is 0. The molecule has 1 amide bonds. The molecule has 4 rings (SSSR count). The Hall–Kier alpha value is -2.23. The molecule has 8 nitrogen and oxygen atoms in total. The van der Waals surface area contributed by atoms with E-state index in [4.69, 9.17) is 0 Å². The van der Waals surface area contributed by atoms with Crippen molar-refractivity contribution in [1.29, 1.82) is 0 Å². The number of piperidine rings is 1. The zero-order chi connectivity index (χ0) is 20.3. The van der Waals surface area contributed by atoms with E-state index in [9.17, 15) is 13.2 Å². The Labute approximate surface area is 171 Å². The van der Waals surface area contributed by atoms with Crippen molar-refractivity contribution < 1.29 is 13.2 Å². The maximum atomic E-state index is 13.0. The van der Waals surface area contributed by atoms with Crippen LogP contribution in [0.2, 0.25) is 0 Å². The van der Waals surface area contributed by atoms with Crippen molar-refractivity contribution in [1.82, 2.24) is 24.1 Å². The predicted octanol–water partition coefficient (Wildman–Crippen LogP) is 0.764. The van der Waals surface area contributed by atoms with Crippen LogP contribution in [0.1, 0.15) is 18.4 Å². The number of imidazole rings is 1. The second-order valence-electron chi connectivity index (χ2n) is 7.75. The summed E-state index contributed by atoms with van der Waals surface area (Å²) in [5.74, 6) is 0.404. The van der Waals surface area contributed by atoms with E-state index >= 15 is 0 Å². The van der Waals surface area contributed by atoms with Gasteiger partial charge in [0, 0.05) is 38.6 Å². The van der Waals surface area contributed by atoms with Gasteiger partial charge in [-0.1, -0.05) is 12.1 Å². The molecule has 1 aromatic carbocycles. The van der Waals surface area contributed by atoms with Gasteiger partial charge in [0.25, 0.3) is 0 Å². The minimum atomic E-state index is -3.67. The number of benzene rings is 1. The number of piperazine rings is 1. The van der Waals surface area contributed by atoms with E-state index in [2.05, 4.69) is 10.3 Å². The first-order valence-corrected chi connectivity index (χ1v) is 11.5. The first-order chi connectivity index (χ1) is 14.0. The van der Waals surface area contributed by atoms with Gasteiger partial charge in [-0.15, -0.1) is 0 Å². The number of aromatic nitrogens is 2. The molecule has 0 bridgehead atoms. The van der Waals surface area contributed by atoms with E-state index < -0.39 is 10.0 Å². The Morgan fingerprint density at radius 1 is 1.10 bits per heavy atom. The Kier molecular flexibility index (Phi) is 5.98. The predicted molar refractivity (Wildman–Crippen MR) is 109 cm³/mol. The summed E-state index contributed by atoms with van der Waals surface area (Å²) < 4.78 is 29.2. The third kappa shape index (κ3) is 4.68. The highest BCUT2D eigenvalue weighted by atomic mass is 32.2. The van der Waals surface area contributed by atoms with Gasteiger partial charge in [-0.3, -0.25) is 4.79 Å². The van der Waals surface area contributed by atoms with Crippen LogP contribution in [0.3, 0.4) is 0 Å². The first kappa shape index (κ1) is 20.1. The molecule has 0 atom stereocenters. The molecule has 0 unspecified atom stereocenters. The fourth-order valence-electron chi connectivity index (χ4n) is 3.97. The lowest BCUT2D eigenvalue weighted by molar-refractivity contribution is -0.134. The number of nitrogens with one attached hydrogen (secondary N) is 1. The van der Waals surface area contributed by atoms with Crippen molar-refractivity contribution in [2.75, 3.05) is 39.3 Å². The number of nitrogens with zero attached hydrogens (tertiary/aromatic N) is 4. The summed E-state index contributed by atoms with van der Waals surface area (Å²) in [5.41, 5.74) is 0.991. The van der Waals surface area contributed by atoms with Crippen molar-refractivity contribution in [3.8, 4) is 0 Å². The number of amides is 1. The molecule has 0 saturated carbocycles. The lowest BCUT2D eigenvalue weighted by Crippen LogP contribution is -2.53. The van der Waals surface area contributed by atoms with Crippen LogP contribution in [-0.2, 0) is 21.4 Å². The van der Waals surface area contributed by atoms with Crippen molar-refractivity contribution in [2.45, 2.75) is 24.3 Å². The van der Waals surface area contributed by atoms with Crippen molar-refractivity contribution in [2.24, 2.45) is 5.92 Å². The zero-order valence-electron chi connectivity index (χ0n) is 16.4. The van der Waals surface area contributed by atoms with Crippen molar-refractivity contribution >= 4 is 15.9 Å². The normalized spacial score (nSPS) is 19.6. The molecule has 3 heterocycles. The molecule has 2 saturated heterocycles. The van der Waals surface area contributed by atoms with Crippen LogP contribution >= 0.6 is 0 Å². The Bertz CT molecular complexity index is 922. The summed E-state index contributed by atoms with van der Waals surface area (Å²) in [6, 6.07) is 6.85. The fourth-order valence-corrected chi connectivity index (χ4v) is 5.35. The summed E-state index contributed by atoms with van der Waals surface area (Å²) in [6.45, 7) is 4.07. The van der Waals surface area contributed by atoms with Gasteiger partial charge in [-0.05, 0) is 49.5 Å². The second kappa shape index (κ2) is 8.64. The average Bonchev–Trinajstić information content (AvgIpc) is 3.24. The molecular formula is C20H27N5O3S. The molecule has 1 aromatic heterocycles. The van der Waals surface area contributed by atoms with E-state index in [1.165, 1.54) is 4.31 Å². The number of carbonyl (C=O) groups is 1. The summed E-state index contributed by atoms with van der Waals surface area (Å²) in [5, 5.41) is 3.33. The molecule has 2 aliphatic rings. The first-order valence-electron chi connectivity index (χ1n) is 10.1. The van der Waals surface area contributed by atoms with Crippen LogP contribution < -0.4 is 5.32 Å². The van der Waals surface area contributed by atoms with Crippen LogP contribution in [0.4, 0.5) is 0 Å². The molecule has 9 heteroatoms. The van der Waals surface area contributed by atoms with E-state index in [1.54, 1.807) is 24.7 Å². The number of sulfonamides is 1. The average molecular weight is 418 g/mol. The van der Waals surface area contributed by atoms with E-state index in [0.29, 0.717) is 25.6 Å². The number of carbonyl (C=O) groups excluding carboxylic acids is 1. The van der Waals surface area contributed by atoms with Crippen LogP contribution in [0.25, 0.3) is 0 Å². The molecule has 2 fully saturated rings. The van der Waals surface area contributed by atoms with Crippen LogP contribution in [-0.4, -0.2) is 72.3 Å². The third-order valence-electron chi connectivity index (χ3n) is 5.71. The summed E-state index contributed by atoms with van der Waals surface area (Å²) in [4.78, 5) is 18.6. The molecule has 2 aliphatic heterocycles. The fraction of sp³-hybridized carbons (Fsp3) is 0.500. The highest BCUT2D eigenvalue weighted by Crippen LogP contribution is 2.21. The van der Waals surface area contributed by atoms with Gasteiger partial charge in [-0.2, -0.15) is 4.31 Å². The lowest BCUT2D eigenvalue weighted by Gasteiger charge is -2.36. The van der Waals surface area contributed by atoms with Crippen molar-refractivity contribution in [3.05, 3.63) is 48.5 Å². The zero-order valence-corrected chi connectivity index (χ0v) is 17.2. The van der Waals surface area contributed by atoms with Crippen LogP contribution in [0, 0.1) is 5.92 Å². The van der Waals surface area contributed by atoms with Gasteiger partial charge >= 0.3 is 0 Å². The molecule has 0 spiro atoms. The second-order valence-corrected chi connectivity index (χ2v) is 9.69. The molecule has 1 N–H and O–H groups in total. The van der Waals surface area contributed by atoms with Gasteiger partial charge in [0.05, 0.1) is 17.8 Å². The largest absolute Gasteiger partial charge is 0.340 e. The standard InChI is InChI=1S/C20H27N5O3S/c26-20-15-25(12-11-24(20)14-18-5-7-21-8-6-18)29(27,28)19-3-1-17(2-4-19)13-23-10-9-22-16-23/h1-4,9-10,16,18,21H,5-8,11-15H2. The molecule has 0 radical (unpaired) electrons. The number of hydrogen-bond donors (Lipinski definition) is 1. The summed E-state index contributed by atoms with van der Waals surface area (Å²) in [7, 11) is -3.67. The maximum absolute atomic E-state index is 13.0. The Morgan fingerprint density at radius 3 is 2.52 bits per heavy atom. The molecule has 0 aliphatic carbocycles. The minimum Gasteiger partial charge on any atom is -0.340 e. The van der Waals surface area contributed by atoms with Crippen LogP contribution in [0.5, 0.6) is 0 Å². The quantitative estimate of drug-likeness (QED) is 0.750. The summed E-state index contributed by atoms with van der Waals surface area (Å²) in [6.07, 6.45) is 7.42. The van der Waals surface area contributed by atoms with E-state index in [0.717, 1.165) is 38.0 Å². The molecule has 29 heavy (non-hydrogen) atoms. The smallest absolute Gasteiger partial charge is 0.243 e. The maximum Gasteiger partial charge on any atom is 0.243 e. The highest BCUT2D eigenvalue weighted by Gasteiger charge is 2.33. The topological polar surface area (TPSA) is 87.5 Å². The van der Waals surface area contributed by atoms with Crippen LogP contribution in [0.15, 0.2) is 47.9 Å². The Morgan fingerprint density at radius 2 is 1.86 bits per heavy atom. The third-order valence-corrected chi connectivity index (χ3v) is 7.57. The minimum absolute atomic E-state index is 0.0793. The monoisotopic (exact) mass is 417 g/mol. The molecule has 156 valence electrons. The Balaban J connectivity index is 1.38. The van der Waals surface area contributed by atoms with Gasteiger partial charge in [0.2, 0.25) is 15.9 Å². The molecule has 2 aromatic rings. The number of rotatable bonds is 6.